The van der Waals surface area contributed by atoms with Crippen LogP contribution in [-0.2, 0) is 0 Å². The normalized spacial score (nSPS) is 23.8. The number of nitrogens with one attached hydrogen (secondary N) is 1. The maximum absolute atomic E-state index is 9.78. The zero-order chi connectivity index (χ0) is 13.8. The van der Waals surface area contributed by atoms with Crippen molar-refractivity contribution in [1.82, 2.24) is 5.32 Å². The molecule has 106 valence electrons. The largest absolute Gasteiger partial charge is 0.489 e. The molecule has 1 saturated carbocycles. The van der Waals surface area contributed by atoms with Crippen molar-refractivity contribution >= 4 is 23.2 Å². The van der Waals surface area contributed by atoms with Gasteiger partial charge in [-0.05, 0) is 25.0 Å². The average molecular weight is 306 g/mol. The van der Waals surface area contributed by atoms with Crippen LogP contribution >= 0.6 is 23.2 Å². The highest BCUT2D eigenvalue weighted by Gasteiger charge is 2.26. The molecule has 2 rings (SSSR count). The van der Waals surface area contributed by atoms with E-state index in [4.69, 9.17) is 33.0 Å². The van der Waals surface area contributed by atoms with Crippen molar-refractivity contribution in [3.63, 3.8) is 0 Å². The lowest BCUT2D eigenvalue weighted by atomic mass is 9.89. The Labute approximate surface area is 122 Å². The fraction of sp³-hybridized carbons (Fsp3) is 0.538. The fourth-order valence-electron chi connectivity index (χ4n) is 1.89. The van der Waals surface area contributed by atoms with Crippen molar-refractivity contribution in [1.29, 1.82) is 0 Å². The first-order chi connectivity index (χ1) is 9.04. The van der Waals surface area contributed by atoms with Gasteiger partial charge in [0.1, 0.15) is 18.5 Å². The molecule has 1 aliphatic carbocycles. The molecule has 0 radical (unpaired) electrons. The summed E-state index contributed by atoms with van der Waals surface area (Å²) in [4.78, 5) is 0. The maximum Gasteiger partial charge on any atom is 0.139 e. The van der Waals surface area contributed by atoms with Gasteiger partial charge in [0.2, 0.25) is 0 Å². The Balaban J connectivity index is 1.70. The number of rotatable bonds is 6. The Kier molecular flexibility index (Phi) is 5.30. The molecule has 1 fully saturated rings. The van der Waals surface area contributed by atoms with Crippen LogP contribution < -0.4 is 10.1 Å². The lowest BCUT2D eigenvalue weighted by Crippen LogP contribution is -2.47. The van der Waals surface area contributed by atoms with Crippen molar-refractivity contribution < 1.29 is 14.9 Å². The van der Waals surface area contributed by atoms with E-state index in [0.717, 1.165) is 12.8 Å². The minimum Gasteiger partial charge on any atom is -0.489 e. The van der Waals surface area contributed by atoms with Gasteiger partial charge in [0.15, 0.2) is 0 Å². The average Bonchev–Trinajstić information content (AvgIpc) is 2.34. The minimum atomic E-state index is -0.632. The van der Waals surface area contributed by atoms with Crippen LogP contribution in [0, 0.1) is 0 Å². The van der Waals surface area contributed by atoms with Gasteiger partial charge in [0.05, 0.1) is 11.1 Å². The van der Waals surface area contributed by atoms with E-state index in [9.17, 15) is 5.11 Å². The second kappa shape index (κ2) is 6.77. The summed E-state index contributed by atoms with van der Waals surface area (Å²) in [6, 6.07) is 5.24. The van der Waals surface area contributed by atoms with Crippen LogP contribution in [0.25, 0.3) is 0 Å². The molecule has 0 spiro atoms. The van der Waals surface area contributed by atoms with Crippen LogP contribution in [0.4, 0.5) is 0 Å². The number of halogens is 2. The molecule has 6 heteroatoms. The van der Waals surface area contributed by atoms with Crippen molar-refractivity contribution in [3.8, 4) is 5.75 Å². The van der Waals surface area contributed by atoms with Gasteiger partial charge in [-0.1, -0.05) is 23.2 Å². The summed E-state index contributed by atoms with van der Waals surface area (Å²) in [5.41, 5.74) is 0. The molecular formula is C13H17Cl2NO3. The first kappa shape index (κ1) is 14.9. The molecule has 0 aliphatic heterocycles. The lowest BCUT2D eigenvalue weighted by molar-refractivity contribution is 0.0488. The third-order valence-electron chi connectivity index (χ3n) is 3.08. The van der Waals surface area contributed by atoms with Crippen LogP contribution in [0.5, 0.6) is 5.75 Å². The second-order valence-corrected chi connectivity index (χ2v) is 5.61. The predicted octanol–water partition coefficient (Wildman–Crippen LogP) is 1.85. The number of hydrogen-bond donors (Lipinski definition) is 3. The molecule has 1 aliphatic rings. The van der Waals surface area contributed by atoms with Crippen molar-refractivity contribution in [2.45, 2.75) is 31.1 Å². The van der Waals surface area contributed by atoms with Gasteiger partial charge < -0.3 is 20.3 Å². The fourth-order valence-corrected chi connectivity index (χ4v) is 2.22. The third kappa shape index (κ3) is 4.51. The number of ether oxygens (including phenoxy) is 1. The summed E-state index contributed by atoms with van der Waals surface area (Å²) in [6.45, 7) is 0.567. The Bertz CT molecular complexity index is 424. The van der Waals surface area contributed by atoms with Crippen molar-refractivity contribution in [3.05, 3.63) is 28.2 Å². The van der Waals surface area contributed by atoms with Gasteiger partial charge in [-0.15, -0.1) is 0 Å². The molecule has 19 heavy (non-hydrogen) atoms. The van der Waals surface area contributed by atoms with Gasteiger partial charge in [0.25, 0.3) is 0 Å². The summed E-state index contributed by atoms with van der Waals surface area (Å²) in [5.74, 6) is 0.465. The van der Waals surface area contributed by atoms with Crippen molar-refractivity contribution in [2.75, 3.05) is 13.2 Å². The van der Waals surface area contributed by atoms with Gasteiger partial charge in [-0.2, -0.15) is 0 Å². The number of aliphatic hydroxyl groups excluding tert-OH is 2. The molecule has 1 aromatic rings. The molecule has 3 N–H and O–H groups in total. The summed E-state index contributed by atoms with van der Waals surface area (Å²) in [7, 11) is 0. The van der Waals surface area contributed by atoms with E-state index >= 15 is 0 Å². The number of hydrogen-bond acceptors (Lipinski definition) is 4. The summed E-state index contributed by atoms with van der Waals surface area (Å²) < 4.78 is 5.43. The van der Waals surface area contributed by atoms with E-state index in [-0.39, 0.29) is 12.7 Å². The van der Waals surface area contributed by atoms with E-state index in [0.29, 0.717) is 28.4 Å². The van der Waals surface area contributed by atoms with Crippen LogP contribution in [0.15, 0.2) is 18.2 Å². The Morgan fingerprint density at radius 3 is 2.79 bits per heavy atom. The highest BCUT2D eigenvalue weighted by atomic mass is 35.5. The topological polar surface area (TPSA) is 61.7 Å². The van der Waals surface area contributed by atoms with Gasteiger partial charge >= 0.3 is 0 Å². The predicted molar refractivity (Wildman–Crippen MR) is 75.0 cm³/mol. The molecule has 0 heterocycles. The van der Waals surface area contributed by atoms with E-state index < -0.39 is 6.10 Å². The molecule has 1 atom stereocenters. The zero-order valence-corrected chi connectivity index (χ0v) is 11.9. The molecular weight excluding hydrogens is 289 g/mol. The molecule has 1 aromatic carbocycles. The quantitative estimate of drug-likeness (QED) is 0.750. The molecule has 4 nitrogen and oxygen atoms in total. The van der Waals surface area contributed by atoms with Crippen LogP contribution in [-0.4, -0.2) is 41.6 Å². The summed E-state index contributed by atoms with van der Waals surface area (Å²) in [6.07, 6.45) is 0.658. The number of aliphatic hydroxyl groups is 2. The monoisotopic (exact) mass is 305 g/mol. The summed E-state index contributed by atoms with van der Waals surface area (Å²) in [5, 5.41) is 23.1. The highest BCUT2D eigenvalue weighted by molar-refractivity contribution is 6.34. The number of benzene rings is 1. The molecule has 0 amide bonds. The van der Waals surface area contributed by atoms with E-state index in [2.05, 4.69) is 5.32 Å². The van der Waals surface area contributed by atoms with E-state index in [1.54, 1.807) is 18.2 Å². The minimum absolute atomic E-state index is 0.141. The Morgan fingerprint density at radius 1 is 1.37 bits per heavy atom. The third-order valence-corrected chi connectivity index (χ3v) is 3.63. The molecule has 0 aromatic heterocycles. The van der Waals surface area contributed by atoms with Crippen LogP contribution in [0.1, 0.15) is 12.8 Å². The Hall–Kier alpha value is -0.520. The van der Waals surface area contributed by atoms with Crippen LogP contribution in [0.2, 0.25) is 10.0 Å². The second-order valence-electron chi connectivity index (χ2n) is 4.77. The molecule has 0 saturated heterocycles. The SMILES string of the molecule is OC(CNC1CC(O)C1)COc1cc(Cl)ccc1Cl. The van der Waals surface area contributed by atoms with Gasteiger partial charge in [-0.25, -0.2) is 0 Å². The maximum atomic E-state index is 9.78. The highest BCUT2D eigenvalue weighted by Crippen LogP contribution is 2.27. The zero-order valence-electron chi connectivity index (χ0n) is 10.4. The van der Waals surface area contributed by atoms with Gasteiger partial charge in [-0.3, -0.25) is 0 Å². The van der Waals surface area contributed by atoms with Crippen molar-refractivity contribution in [2.24, 2.45) is 0 Å². The smallest absolute Gasteiger partial charge is 0.139 e. The van der Waals surface area contributed by atoms with Crippen LogP contribution in [0.3, 0.4) is 0 Å². The summed E-state index contributed by atoms with van der Waals surface area (Å²) >= 11 is 11.8. The first-order valence-corrected chi connectivity index (χ1v) is 6.97. The molecule has 1 unspecified atom stereocenters. The van der Waals surface area contributed by atoms with E-state index in [1.807, 2.05) is 0 Å². The first-order valence-electron chi connectivity index (χ1n) is 6.22. The van der Waals surface area contributed by atoms with E-state index in [1.165, 1.54) is 0 Å². The van der Waals surface area contributed by atoms with Gasteiger partial charge in [0, 0.05) is 23.7 Å². The lowest BCUT2D eigenvalue weighted by Gasteiger charge is -2.32. The molecule has 0 bridgehead atoms. The standard InChI is InChI=1S/C13H17Cl2NO3/c14-8-1-2-12(15)13(3-8)19-7-11(18)6-16-9-4-10(17)5-9/h1-3,9-11,16-18H,4-7H2. The Morgan fingerprint density at radius 2 is 2.11 bits per heavy atom.